The molecule has 22 heavy (non-hydrogen) atoms. The molecule has 8 heteroatoms. The minimum Gasteiger partial charge on any atom is -0.493 e. The molecule has 0 amide bonds. The van der Waals surface area contributed by atoms with Crippen molar-refractivity contribution in [1.82, 2.24) is 10.0 Å². The molecule has 1 heterocycles. The Morgan fingerprint density at radius 1 is 1.45 bits per heavy atom. The highest BCUT2D eigenvalue weighted by Gasteiger charge is 2.24. The molecule has 0 bridgehead atoms. The van der Waals surface area contributed by atoms with Gasteiger partial charge in [0.05, 0.1) is 16.0 Å². The fraction of sp³-hybridized carbons (Fsp3) is 0.571. The highest BCUT2D eigenvalue weighted by molar-refractivity contribution is 9.10. The maximum atomic E-state index is 12.4. The number of nitrogens with one attached hydrogen (secondary N) is 2. The topological polar surface area (TPSA) is 67.4 Å². The van der Waals surface area contributed by atoms with E-state index in [2.05, 4.69) is 32.9 Å². The van der Waals surface area contributed by atoms with Crippen LogP contribution in [0.5, 0.6) is 5.75 Å². The molecule has 1 saturated heterocycles. The minimum atomic E-state index is -3.50. The Labute approximate surface area is 146 Å². The summed E-state index contributed by atoms with van der Waals surface area (Å²) in [5, 5.41) is 3.31. The van der Waals surface area contributed by atoms with Crippen molar-refractivity contribution in [2.24, 2.45) is 0 Å². The van der Waals surface area contributed by atoms with E-state index in [9.17, 15) is 8.42 Å². The van der Waals surface area contributed by atoms with Gasteiger partial charge in [-0.3, -0.25) is 0 Å². The molecule has 0 aromatic heterocycles. The molecule has 1 aliphatic heterocycles. The summed E-state index contributed by atoms with van der Waals surface area (Å²) in [5.41, 5.74) is 0. The second kappa shape index (κ2) is 8.49. The van der Waals surface area contributed by atoms with Gasteiger partial charge in [0.1, 0.15) is 5.75 Å². The molecule has 2 rings (SSSR count). The molecule has 1 aliphatic rings. The van der Waals surface area contributed by atoms with E-state index in [-0.39, 0.29) is 23.3 Å². The van der Waals surface area contributed by atoms with Crippen LogP contribution in [0.15, 0.2) is 27.6 Å². The van der Waals surface area contributed by atoms with Crippen LogP contribution in [0.1, 0.15) is 26.7 Å². The fourth-order valence-corrected chi connectivity index (χ4v) is 4.40. The van der Waals surface area contributed by atoms with Crippen LogP contribution in [0.2, 0.25) is 0 Å². The van der Waals surface area contributed by atoms with Crippen molar-refractivity contribution < 1.29 is 13.2 Å². The van der Waals surface area contributed by atoms with E-state index in [1.807, 2.05) is 6.92 Å². The average Bonchev–Trinajstić information content (AvgIpc) is 2.40. The van der Waals surface area contributed by atoms with E-state index in [0.29, 0.717) is 22.9 Å². The maximum Gasteiger partial charge on any atom is 0.240 e. The molecule has 0 aliphatic carbocycles. The lowest BCUT2D eigenvalue weighted by molar-refractivity contribution is 0.338. The number of piperidine rings is 1. The van der Waals surface area contributed by atoms with Gasteiger partial charge in [0, 0.05) is 12.1 Å². The third kappa shape index (κ3) is 5.09. The van der Waals surface area contributed by atoms with Crippen molar-refractivity contribution in [3.8, 4) is 5.75 Å². The van der Waals surface area contributed by atoms with Crippen molar-refractivity contribution in [1.29, 1.82) is 0 Å². The van der Waals surface area contributed by atoms with Crippen LogP contribution < -0.4 is 14.8 Å². The summed E-state index contributed by atoms with van der Waals surface area (Å²) >= 11 is 3.35. The third-order valence-corrected chi connectivity index (χ3v) is 5.60. The lowest BCUT2D eigenvalue weighted by atomic mass is 10.0. The molecule has 1 aromatic rings. The largest absolute Gasteiger partial charge is 0.493 e. The van der Waals surface area contributed by atoms with Crippen molar-refractivity contribution in [3.05, 3.63) is 22.7 Å². The number of ether oxygens (including phenoxy) is 1. The molecule has 0 spiro atoms. The Morgan fingerprint density at radius 3 is 2.77 bits per heavy atom. The Bertz CT molecular complexity index is 598. The monoisotopic (exact) mass is 412 g/mol. The zero-order chi connectivity index (χ0) is 15.5. The van der Waals surface area contributed by atoms with Crippen molar-refractivity contribution in [2.75, 3.05) is 13.2 Å². The summed E-state index contributed by atoms with van der Waals surface area (Å²) in [5.74, 6) is 0.645. The van der Waals surface area contributed by atoms with Gasteiger partial charge in [0.25, 0.3) is 0 Å². The summed E-state index contributed by atoms with van der Waals surface area (Å²) in [6, 6.07) is 5.14. The SMILES string of the molecule is CCOc1ccc(S(=O)(=O)NC2CCNC(C)C2)cc1Br.Cl. The van der Waals surface area contributed by atoms with Crippen LogP contribution in [0.3, 0.4) is 0 Å². The summed E-state index contributed by atoms with van der Waals surface area (Å²) in [6.07, 6.45) is 1.61. The van der Waals surface area contributed by atoms with Crippen LogP contribution in [0.4, 0.5) is 0 Å². The van der Waals surface area contributed by atoms with Crippen molar-refractivity contribution in [2.45, 2.75) is 43.7 Å². The first-order valence-electron chi connectivity index (χ1n) is 7.10. The van der Waals surface area contributed by atoms with Gasteiger partial charge in [-0.25, -0.2) is 13.1 Å². The quantitative estimate of drug-likeness (QED) is 0.779. The number of hydrogen-bond donors (Lipinski definition) is 2. The Morgan fingerprint density at radius 2 is 2.18 bits per heavy atom. The van der Waals surface area contributed by atoms with E-state index in [0.717, 1.165) is 19.4 Å². The van der Waals surface area contributed by atoms with Gasteiger partial charge in [0.15, 0.2) is 0 Å². The number of rotatable bonds is 5. The number of sulfonamides is 1. The van der Waals surface area contributed by atoms with Crippen LogP contribution in [-0.4, -0.2) is 33.7 Å². The molecule has 2 N–H and O–H groups in total. The zero-order valence-corrected chi connectivity index (χ0v) is 15.9. The summed E-state index contributed by atoms with van der Waals surface area (Å²) in [4.78, 5) is 0.254. The molecule has 126 valence electrons. The second-order valence-corrected chi connectivity index (χ2v) is 7.79. The average molecular weight is 414 g/mol. The summed E-state index contributed by atoms with van der Waals surface area (Å²) in [7, 11) is -3.50. The second-order valence-electron chi connectivity index (χ2n) is 5.22. The van der Waals surface area contributed by atoms with E-state index < -0.39 is 10.0 Å². The summed E-state index contributed by atoms with van der Waals surface area (Å²) in [6.45, 7) is 5.32. The van der Waals surface area contributed by atoms with Crippen LogP contribution in [-0.2, 0) is 10.0 Å². The lowest BCUT2D eigenvalue weighted by Crippen LogP contribution is -2.46. The molecule has 5 nitrogen and oxygen atoms in total. The molecule has 0 radical (unpaired) electrons. The molecule has 0 saturated carbocycles. The van der Waals surface area contributed by atoms with E-state index in [1.165, 1.54) is 0 Å². The van der Waals surface area contributed by atoms with Gasteiger partial charge >= 0.3 is 0 Å². The van der Waals surface area contributed by atoms with Gasteiger partial charge < -0.3 is 10.1 Å². The normalized spacial score (nSPS) is 22.0. The highest BCUT2D eigenvalue weighted by Crippen LogP contribution is 2.28. The number of benzene rings is 1. The Balaban J connectivity index is 0.00000242. The van der Waals surface area contributed by atoms with E-state index in [1.54, 1.807) is 18.2 Å². The van der Waals surface area contributed by atoms with Gasteiger partial charge in [-0.05, 0) is 67.4 Å². The Kier molecular flexibility index (Phi) is 7.61. The standard InChI is InChI=1S/C14H21BrN2O3S.ClH/c1-3-20-14-5-4-12(9-13(14)15)21(18,19)17-11-6-7-16-10(2)8-11;/h4-5,9-11,16-17H,3,6-8H2,1-2H3;1H. The smallest absolute Gasteiger partial charge is 0.240 e. The molecular formula is C14H22BrClN2O3S. The molecule has 1 aromatic carbocycles. The van der Waals surface area contributed by atoms with Gasteiger partial charge in [-0.2, -0.15) is 0 Å². The van der Waals surface area contributed by atoms with Crippen molar-refractivity contribution in [3.63, 3.8) is 0 Å². The predicted octanol–water partition coefficient (Wildman–Crippen LogP) is 2.69. The highest BCUT2D eigenvalue weighted by atomic mass is 79.9. The first kappa shape index (κ1) is 19.7. The maximum absolute atomic E-state index is 12.4. The van der Waals surface area contributed by atoms with E-state index >= 15 is 0 Å². The predicted molar refractivity (Wildman–Crippen MR) is 93.4 cm³/mol. The number of halogens is 2. The van der Waals surface area contributed by atoms with Crippen LogP contribution >= 0.6 is 28.3 Å². The zero-order valence-electron chi connectivity index (χ0n) is 12.6. The first-order valence-corrected chi connectivity index (χ1v) is 9.38. The molecular weight excluding hydrogens is 392 g/mol. The van der Waals surface area contributed by atoms with Gasteiger partial charge in [0.2, 0.25) is 10.0 Å². The van der Waals surface area contributed by atoms with E-state index in [4.69, 9.17) is 4.74 Å². The number of hydrogen-bond acceptors (Lipinski definition) is 4. The summed E-state index contributed by atoms with van der Waals surface area (Å²) < 4.78 is 33.7. The van der Waals surface area contributed by atoms with Crippen molar-refractivity contribution >= 4 is 38.4 Å². The third-order valence-electron chi connectivity index (χ3n) is 3.46. The fourth-order valence-electron chi connectivity index (χ4n) is 2.45. The van der Waals surface area contributed by atoms with Gasteiger partial charge in [-0.1, -0.05) is 0 Å². The Hall–Kier alpha value is -0.340. The molecule has 2 unspecified atom stereocenters. The molecule has 2 atom stereocenters. The lowest BCUT2D eigenvalue weighted by Gasteiger charge is -2.28. The first-order chi connectivity index (χ1) is 9.92. The minimum absolute atomic E-state index is 0. The molecule has 1 fully saturated rings. The van der Waals surface area contributed by atoms with Crippen LogP contribution in [0.25, 0.3) is 0 Å². The van der Waals surface area contributed by atoms with Crippen LogP contribution in [0, 0.1) is 0 Å². The van der Waals surface area contributed by atoms with Gasteiger partial charge in [-0.15, -0.1) is 12.4 Å².